The van der Waals surface area contributed by atoms with Crippen LogP contribution in [0.2, 0.25) is 0 Å². The number of hydrogen-bond donors (Lipinski definition) is 1. The Hall–Kier alpha value is -2.50. The van der Waals surface area contributed by atoms with Crippen molar-refractivity contribution in [3.05, 3.63) is 41.5 Å². The van der Waals surface area contributed by atoms with Gasteiger partial charge in [0.2, 0.25) is 5.91 Å². The molecule has 6 nitrogen and oxygen atoms in total. The predicted molar refractivity (Wildman–Crippen MR) is 97.9 cm³/mol. The minimum absolute atomic E-state index is 0.220. The van der Waals surface area contributed by atoms with Crippen molar-refractivity contribution in [3.8, 4) is 0 Å². The summed E-state index contributed by atoms with van der Waals surface area (Å²) in [7, 11) is 0. The van der Waals surface area contributed by atoms with Gasteiger partial charge in [0.1, 0.15) is 17.5 Å². The highest BCUT2D eigenvalue weighted by molar-refractivity contribution is 5.76. The Bertz CT molecular complexity index is 761. The highest BCUT2D eigenvalue weighted by atomic mass is 16.2. The summed E-state index contributed by atoms with van der Waals surface area (Å²) in [4.78, 5) is 27.6. The molecule has 1 fully saturated rings. The second kappa shape index (κ2) is 7.59. The van der Waals surface area contributed by atoms with Crippen LogP contribution in [-0.4, -0.2) is 38.8 Å². The number of anilines is 2. The van der Waals surface area contributed by atoms with Crippen molar-refractivity contribution in [1.29, 1.82) is 0 Å². The topological polar surface area (TPSA) is 71.0 Å². The lowest BCUT2D eigenvalue weighted by Gasteiger charge is -2.32. The molecule has 1 aliphatic heterocycles. The molecule has 1 N–H and O–H groups in total. The predicted octanol–water partition coefficient (Wildman–Crippen LogP) is 3.35. The standard InChI is InChI=1S/C19H25N5O/c1-4-19(25)24-10-6-8-15(12-24)16-11-18(22-14(3)21-16)23-17-9-5-7-13(2)20-17/h5,7,9,11,15H,4,6,8,10,12H2,1-3H3,(H,20,21,22,23). The number of amides is 1. The van der Waals surface area contributed by atoms with Crippen molar-refractivity contribution in [3.63, 3.8) is 0 Å². The van der Waals surface area contributed by atoms with E-state index in [9.17, 15) is 4.79 Å². The molecule has 0 radical (unpaired) electrons. The zero-order valence-electron chi connectivity index (χ0n) is 15.1. The molecule has 1 atom stereocenters. The number of likely N-dealkylation sites (tertiary alicyclic amines) is 1. The van der Waals surface area contributed by atoms with Crippen LogP contribution >= 0.6 is 0 Å². The maximum Gasteiger partial charge on any atom is 0.222 e. The maximum atomic E-state index is 12.0. The number of aromatic nitrogens is 3. The number of piperidine rings is 1. The third-order valence-electron chi connectivity index (χ3n) is 4.50. The van der Waals surface area contributed by atoms with Gasteiger partial charge in [0.05, 0.1) is 5.69 Å². The Morgan fingerprint density at radius 1 is 1.24 bits per heavy atom. The van der Waals surface area contributed by atoms with Gasteiger partial charge in [-0.2, -0.15) is 0 Å². The summed E-state index contributed by atoms with van der Waals surface area (Å²) in [6.45, 7) is 7.37. The number of nitrogens with one attached hydrogen (secondary N) is 1. The first kappa shape index (κ1) is 17.3. The molecule has 6 heteroatoms. The quantitative estimate of drug-likeness (QED) is 0.925. The smallest absolute Gasteiger partial charge is 0.222 e. The first-order valence-corrected chi connectivity index (χ1v) is 8.89. The molecule has 2 aromatic heterocycles. The van der Waals surface area contributed by atoms with Gasteiger partial charge in [0.25, 0.3) is 0 Å². The molecule has 1 unspecified atom stereocenters. The van der Waals surface area contributed by atoms with E-state index in [1.165, 1.54) is 0 Å². The van der Waals surface area contributed by atoms with Gasteiger partial charge in [-0.25, -0.2) is 15.0 Å². The molecule has 25 heavy (non-hydrogen) atoms. The summed E-state index contributed by atoms with van der Waals surface area (Å²) in [6.07, 6.45) is 2.62. The van der Waals surface area contributed by atoms with E-state index in [0.29, 0.717) is 6.42 Å². The molecular formula is C19H25N5O. The van der Waals surface area contributed by atoms with Crippen molar-refractivity contribution in [2.24, 2.45) is 0 Å². The van der Waals surface area contributed by atoms with Crippen molar-refractivity contribution >= 4 is 17.5 Å². The molecule has 132 valence electrons. The van der Waals surface area contributed by atoms with Crippen molar-refractivity contribution in [1.82, 2.24) is 19.9 Å². The number of rotatable bonds is 4. The van der Waals surface area contributed by atoms with Crippen LogP contribution in [0.15, 0.2) is 24.3 Å². The van der Waals surface area contributed by atoms with Crippen LogP contribution in [0.5, 0.6) is 0 Å². The third-order valence-corrected chi connectivity index (χ3v) is 4.50. The summed E-state index contributed by atoms with van der Waals surface area (Å²) in [5.41, 5.74) is 1.95. The summed E-state index contributed by atoms with van der Waals surface area (Å²) < 4.78 is 0. The van der Waals surface area contributed by atoms with E-state index in [2.05, 4.69) is 20.3 Å². The van der Waals surface area contributed by atoms with Crippen LogP contribution in [-0.2, 0) is 4.79 Å². The molecular weight excluding hydrogens is 314 g/mol. The highest BCUT2D eigenvalue weighted by Gasteiger charge is 2.25. The van der Waals surface area contributed by atoms with Crippen LogP contribution in [0, 0.1) is 13.8 Å². The zero-order chi connectivity index (χ0) is 17.8. The van der Waals surface area contributed by atoms with E-state index in [4.69, 9.17) is 0 Å². The Labute approximate surface area is 148 Å². The molecule has 1 saturated heterocycles. The summed E-state index contributed by atoms with van der Waals surface area (Å²) in [5.74, 6) is 2.73. The van der Waals surface area contributed by atoms with Gasteiger partial charge in [-0.15, -0.1) is 0 Å². The van der Waals surface area contributed by atoms with E-state index < -0.39 is 0 Å². The van der Waals surface area contributed by atoms with Crippen molar-refractivity contribution in [2.45, 2.75) is 46.0 Å². The molecule has 3 heterocycles. The van der Waals surface area contributed by atoms with Gasteiger partial charge in [-0.3, -0.25) is 4.79 Å². The Balaban J connectivity index is 1.80. The van der Waals surface area contributed by atoms with Gasteiger partial charge in [0, 0.05) is 37.2 Å². The zero-order valence-corrected chi connectivity index (χ0v) is 15.1. The number of carbonyl (C=O) groups is 1. The molecule has 0 aromatic carbocycles. The number of nitrogens with zero attached hydrogens (tertiary/aromatic N) is 4. The summed E-state index contributed by atoms with van der Waals surface area (Å²) in [5, 5.41) is 3.27. The fourth-order valence-corrected chi connectivity index (χ4v) is 3.28. The summed E-state index contributed by atoms with van der Waals surface area (Å²) in [6, 6.07) is 7.84. The lowest BCUT2D eigenvalue weighted by atomic mass is 9.94. The maximum absolute atomic E-state index is 12.0. The van der Waals surface area contributed by atoms with Gasteiger partial charge in [-0.1, -0.05) is 13.0 Å². The van der Waals surface area contributed by atoms with E-state index in [1.807, 2.05) is 49.9 Å². The lowest BCUT2D eigenvalue weighted by Crippen LogP contribution is -2.39. The molecule has 3 rings (SSSR count). The van der Waals surface area contributed by atoms with Crippen LogP contribution in [0.3, 0.4) is 0 Å². The molecule has 0 aliphatic carbocycles. The van der Waals surface area contributed by atoms with Gasteiger partial charge in [0.15, 0.2) is 0 Å². The first-order chi connectivity index (χ1) is 12.0. The van der Waals surface area contributed by atoms with Crippen LogP contribution in [0.4, 0.5) is 11.6 Å². The average Bonchev–Trinajstić information content (AvgIpc) is 2.60. The van der Waals surface area contributed by atoms with Crippen LogP contribution in [0.25, 0.3) is 0 Å². The third kappa shape index (κ3) is 4.32. The molecule has 0 saturated carbocycles. The van der Waals surface area contributed by atoms with Crippen molar-refractivity contribution in [2.75, 3.05) is 18.4 Å². The second-order valence-corrected chi connectivity index (χ2v) is 6.55. The van der Waals surface area contributed by atoms with Gasteiger partial charge in [-0.05, 0) is 38.8 Å². The second-order valence-electron chi connectivity index (χ2n) is 6.55. The van der Waals surface area contributed by atoms with Gasteiger partial charge >= 0.3 is 0 Å². The number of carbonyl (C=O) groups excluding carboxylic acids is 1. The number of hydrogen-bond acceptors (Lipinski definition) is 5. The Morgan fingerprint density at radius 3 is 2.84 bits per heavy atom. The molecule has 2 aromatic rings. The largest absolute Gasteiger partial charge is 0.342 e. The Morgan fingerprint density at radius 2 is 2.08 bits per heavy atom. The fraction of sp³-hybridized carbons (Fsp3) is 0.474. The SMILES string of the molecule is CCC(=O)N1CCCC(c2cc(Nc3cccc(C)n3)nc(C)n2)C1. The van der Waals surface area contributed by atoms with Crippen molar-refractivity contribution < 1.29 is 4.79 Å². The highest BCUT2D eigenvalue weighted by Crippen LogP contribution is 2.27. The van der Waals surface area contributed by atoms with E-state index >= 15 is 0 Å². The minimum Gasteiger partial charge on any atom is -0.342 e. The first-order valence-electron chi connectivity index (χ1n) is 8.89. The lowest BCUT2D eigenvalue weighted by molar-refractivity contribution is -0.132. The van der Waals surface area contributed by atoms with Crippen LogP contribution in [0.1, 0.15) is 49.3 Å². The van der Waals surface area contributed by atoms with E-state index in [-0.39, 0.29) is 11.8 Å². The number of aryl methyl sites for hydroxylation is 2. The van der Waals surface area contributed by atoms with Gasteiger partial charge < -0.3 is 10.2 Å². The normalized spacial score (nSPS) is 17.4. The van der Waals surface area contributed by atoms with E-state index in [0.717, 1.165) is 54.8 Å². The molecule has 0 bridgehead atoms. The minimum atomic E-state index is 0.220. The average molecular weight is 339 g/mol. The summed E-state index contributed by atoms with van der Waals surface area (Å²) >= 11 is 0. The molecule has 1 aliphatic rings. The number of pyridine rings is 1. The van der Waals surface area contributed by atoms with E-state index in [1.54, 1.807) is 0 Å². The monoisotopic (exact) mass is 339 g/mol. The molecule has 0 spiro atoms. The van der Waals surface area contributed by atoms with Crippen LogP contribution < -0.4 is 5.32 Å². The molecule has 1 amide bonds. The Kier molecular flexibility index (Phi) is 5.26. The fourth-order valence-electron chi connectivity index (χ4n) is 3.28.